The molecule has 6 heteroatoms. The van der Waals surface area contributed by atoms with Crippen LogP contribution in [0.3, 0.4) is 0 Å². The highest BCUT2D eigenvalue weighted by atomic mass is 16.5. The maximum atomic E-state index is 5.33. The molecule has 0 saturated carbocycles. The predicted molar refractivity (Wildman–Crippen MR) is 122 cm³/mol. The summed E-state index contributed by atoms with van der Waals surface area (Å²) in [4.78, 5) is 12.1. The molecular weight excluding hydrogens is 374 g/mol. The maximum absolute atomic E-state index is 5.33. The Morgan fingerprint density at radius 3 is 2.77 bits per heavy atom. The molecule has 30 heavy (non-hydrogen) atoms. The normalized spacial score (nSPS) is 15.2. The van der Waals surface area contributed by atoms with Gasteiger partial charge in [0.2, 0.25) is 0 Å². The van der Waals surface area contributed by atoms with Gasteiger partial charge in [-0.25, -0.2) is 9.97 Å². The molecule has 2 aromatic heterocycles. The van der Waals surface area contributed by atoms with Crippen LogP contribution in [0.15, 0.2) is 54.9 Å². The van der Waals surface area contributed by atoms with E-state index in [1.165, 1.54) is 23.9 Å². The Morgan fingerprint density at radius 2 is 1.97 bits per heavy atom. The van der Waals surface area contributed by atoms with E-state index in [9.17, 15) is 0 Å². The highest BCUT2D eigenvalue weighted by Gasteiger charge is 2.21. The van der Waals surface area contributed by atoms with Gasteiger partial charge in [0.1, 0.15) is 17.9 Å². The Morgan fingerprint density at radius 1 is 1.10 bits per heavy atom. The van der Waals surface area contributed by atoms with Gasteiger partial charge >= 0.3 is 0 Å². The Bertz CT molecular complexity index is 1180. The number of fused-ring (bicyclic) bond motifs is 2. The lowest BCUT2D eigenvalue weighted by Gasteiger charge is -2.34. The van der Waals surface area contributed by atoms with Gasteiger partial charge in [-0.1, -0.05) is 12.1 Å². The van der Waals surface area contributed by atoms with Gasteiger partial charge in [0.15, 0.2) is 0 Å². The number of ether oxygens (including phenoxy) is 1. The molecule has 1 N–H and O–H groups in total. The molecule has 0 bridgehead atoms. The number of anilines is 1. The van der Waals surface area contributed by atoms with E-state index >= 15 is 0 Å². The topological polar surface area (TPSA) is 55.2 Å². The van der Waals surface area contributed by atoms with Gasteiger partial charge in [0.05, 0.1) is 29.3 Å². The second kappa shape index (κ2) is 7.95. The minimum absolute atomic E-state index is 0.763. The van der Waals surface area contributed by atoms with E-state index < -0.39 is 0 Å². The van der Waals surface area contributed by atoms with Gasteiger partial charge in [-0.15, -0.1) is 0 Å². The van der Waals surface area contributed by atoms with Gasteiger partial charge in [0, 0.05) is 24.5 Å². The lowest BCUT2D eigenvalue weighted by Crippen LogP contribution is -2.36. The first kappa shape index (κ1) is 18.9. The van der Waals surface area contributed by atoms with Crippen LogP contribution in [0.1, 0.15) is 12.8 Å². The van der Waals surface area contributed by atoms with Crippen LogP contribution in [-0.4, -0.2) is 48.3 Å². The van der Waals surface area contributed by atoms with Gasteiger partial charge < -0.3 is 15.0 Å². The molecule has 4 aromatic rings. The molecule has 0 atom stereocenters. The van der Waals surface area contributed by atoms with E-state index in [1.807, 2.05) is 36.1 Å². The summed E-state index contributed by atoms with van der Waals surface area (Å²) in [5.41, 5.74) is 4.20. The van der Waals surface area contributed by atoms with Gasteiger partial charge in [0.25, 0.3) is 0 Å². The SMILES string of the molecule is CNCC1CCN(c2cccc3ccc(-n4cnc5cc(OC)ccc54)nc23)CC1. The maximum Gasteiger partial charge on any atom is 0.139 e. The number of para-hydroxylation sites is 1. The minimum atomic E-state index is 0.763. The average Bonchev–Trinajstić information content (AvgIpc) is 3.22. The summed E-state index contributed by atoms with van der Waals surface area (Å²) in [7, 11) is 3.71. The Labute approximate surface area is 176 Å². The molecule has 0 spiro atoms. The van der Waals surface area contributed by atoms with E-state index in [0.717, 1.165) is 53.7 Å². The predicted octanol–water partition coefficient (Wildman–Crippen LogP) is 4.02. The first-order valence-corrected chi connectivity index (χ1v) is 10.6. The van der Waals surface area contributed by atoms with Crippen LogP contribution in [0.4, 0.5) is 5.69 Å². The van der Waals surface area contributed by atoms with Crippen molar-refractivity contribution < 1.29 is 4.74 Å². The van der Waals surface area contributed by atoms with Crippen molar-refractivity contribution in [3.63, 3.8) is 0 Å². The molecule has 154 valence electrons. The zero-order chi connectivity index (χ0) is 20.5. The fraction of sp³-hybridized carbons (Fsp3) is 0.333. The highest BCUT2D eigenvalue weighted by molar-refractivity contribution is 5.92. The summed E-state index contributed by atoms with van der Waals surface area (Å²) >= 11 is 0. The molecule has 2 aromatic carbocycles. The van der Waals surface area contributed by atoms with Crippen LogP contribution < -0.4 is 15.0 Å². The number of piperidine rings is 1. The Hall–Kier alpha value is -3.12. The number of nitrogens with one attached hydrogen (secondary N) is 1. The molecule has 3 heterocycles. The first-order valence-electron chi connectivity index (χ1n) is 10.6. The molecule has 0 unspecified atom stereocenters. The smallest absolute Gasteiger partial charge is 0.139 e. The van der Waals surface area contributed by atoms with Crippen molar-refractivity contribution in [2.75, 3.05) is 38.7 Å². The zero-order valence-electron chi connectivity index (χ0n) is 17.5. The molecule has 1 aliphatic rings. The van der Waals surface area contributed by atoms with E-state index in [4.69, 9.17) is 9.72 Å². The molecule has 1 aliphatic heterocycles. The zero-order valence-corrected chi connectivity index (χ0v) is 17.5. The van der Waals surface area contributed by atoms with Crippen LogP contribution in [0.2, 0.25) is 0 Å². The molecule has 0 aliphatic carbocycles. The third kappa shape index (κ3) is 3.37. The number of pyridine rings is 1. The molecule has 1 saturated heterocycles. The second-order valence-corrected chi connectivity index (χ2v) is 7.98. The van der Waals surface area contributed by atoms with Crippen LogP contribution in [0, 0.1) is 5.92 Å². The standard InChI is InChI=1S/C24H27N5O/c1-25-15-17-10-12-28(13-11-17)22-5-3-4-18-6-9-23(27-24(18)22)29-16-26-20-14-19(30-2)7-8-21(20)29/h3-9,14,16-17,25H,10-13,15H2,1-2H3. The van der Waals surface area contributed by atoms with Crippen LogP contribution in [0.5, 0.6) is 5.75 Å². The molecule has 0 amide bonds. The van der Waals surface area contributed by atoms with Crippen molar-refractivity contribution in [1.29, 1.82) is 0 Å². The van der Waals surface area contributed by atoms with E-state index in [1.54, 1.807) is 7.11 Å². The van der Waals surface area contributed by atoms with Crippen LogP contribution in [-0.2, 0) is 0 Å². The molecule has 6 nitrogen and oxygen atoms in total. The minimum Gasteiger partial charge on any atom is -0.497 e. The largest absolute Gasteiger partial charge is 0.497 e. The summed E-state index contributed by atoms with van der Waals surface area (Å²) in [6.07, 6.45) is 4.26. The van der Waals surface area contributed by atoms with Crippen molar-refractivity contribution >= 4 is 27.6 Å². The monoisotopic (exact) mass is 401 g/mol. The first-order chi connectivity index (χ1) is 14.8. The number of methoxy groups -OCH3 is 1. The number of nitrogens with zero attached hydrogens (tertiary/aromatic N) is 4. The number of benzene rings is 2. The average molecular weight is 402 g/mol. The molecule has 0 radical (unpaired) electrons. The lowest BCUT2D eigenvalue weighted by molar-refractivity contribution is 0.394. The number of rotatable bonds is 5. The quantitative estimate of drug-likeness (QED) is 0.547. The number of hydrogen-bond donors (Lipinski definition) is 1. The highest BCUT2D eigenvalue weighted by Crippen LogP contribution is 2.30. The van der Waals surface area contributed by atoms with Gasteiger partial charge in [-0.05, 0) is 62.7 Å². The summed E-state index contributed by atoms with van der Waals surface area (Å²) in [6, 6.07) is 16.6. The Balaban J connectivity index is 1.52. The summed E-state index contributed by atoms with van der Waals surface area (Å²) in [5.74, 6) is 2.45. The van der Waals surface area contributed by atoms with Crippen molar-refractivity contribution in [2.45, 2.75) is 12.8 Å². The van der Waals surface area contributed by atoms with Crippen molar-refractivity contribution in [3.05, 3.63) is 54.9 Å². The molecular formula is C24H27N5O. The lowest BCUT2D eigenvalue weighted by atomic mass is 9.96. The van der Waals surface area contributed by atoms with E-state index in [-0.39, 0.29) is 0 Å². The van der Waals surface area contributed by atoms with Crippen molar-refractivity contribution in [2.24, 2.45) is 5.92 Å². The third-order valence-electron chi connectivity index (χ3n) is 6.13. The van der Waals surface area contributed by atoms with Crippen LogP contribution >= 0.6 is 0 Å². The summed E-state index contributed by atoms with van der Waals surface area (Å²) in [5, 5.41) is 4.49. The van der Waals surface area contributed by atoms with E-state index in [2.05, 4.69) is 45.5 Å². The number of aromatic nitrogens is 3. The fourth-order valence-electron chi connectivity index (χ4n) is 4.48. The molecule has 1 fully saturated rings. The summed E-state index contributed by atoms with van der Waals surface area (Å²) in [6.45, 7) is 3.25. The Kier molecular flexibility index (Phi) is 5.01. The van der Waals surface area contributed by atoms with Gasteiger partial charge in [-0.2, -0.15) is 0 Å². The molecule has 5 rings (SSSR count). The number of imidazole rings is 1. The van der Waals surface area contributed by atoms with Crippen molar-refractivity contribution in [1.82, 2.24) is 19.9 Å². The van der Waals surface area contributed by atoms with E-state index in [0.29, 0.717) is 0 Å². The van der Waals surface area contributed by atoms with Crippen molar-refractivity contribution in [3.8, 4) is 11.6 Å². The van der Waals surface area contributed by atoms with Gasteiger partial charge in [-0.3, -0.25) is 4.57 Å². The summed E-state index contributed by atoms with van der Waals surface area (Å²) < 4.78 is 7.37. The number of hydrogen-bond acceptors (Lipinski definition) is 5. The fourth-order valence-corrected chi connectivity index (χ4v) is 4.48. The third-order valence-corrected chi connectivity index (χ3v) is 6.13. The van der Waals surface area contributed by atoms with Crippen LogP contribution in [0.25, 0.3) is 27.8 Å². The second-order valence-electron chi connectivity index (χ2n) is 7.98.